The van der Waals surface area contributed by atoms with E-state index in [9.17, 15) is 14.9 Å². The van der Waals surface area contributed by atoms with Crippen molar-refractivity contribution in [2.24, 2.45) is 0 Å². The van der Waals surface area contributed by atoms with Crippen LogP contribution in [0.2, 0.25) is 0 Å². The molecule has 0 spiro atoms. The second kappa shape index (κ2) is 10.6. The number of halogens is 1. The van der Waals surface area contributed by atoms with Crippen molar-refractivity contribution in [2.45, 2.75) is 13.2 Å². The third kappa shape index (κ3) is 5.01. The maximum absolute atomic E-state index is 12.9. The number of nitrogens with zero attached hydrogens (tertiary/aromatic N) is 2. The molecule has 7 heteroatoms. The number of rotatable bonds is 6. The highest BCUT2D eigenvalue weighted by Crippen LogP contribution is 2.34. The maximum Gasteiger partial charge on any atom is 0.293 e. The molecular formula is C29H19IN2O3S. The standard InChI is InChI=1S/C29H19IN2O3S/c30-25-14-19(12-13-26(25)35-18-23-10-5-9-20-6-3-4-11-24(20)23)15-27-28(33)32(29(34)36-27)17-22-8-2-1-7-21(22)16-31/h1-15H,17-18H2/b27-15+. The summed E-state index contributed by atoms with van der Waals surface area (Å²) in [6, 6.07) is 29.2. The van der Waals surface area contributed by atoms with Crippen LogP contribution in [0.25, 0.3) is 16.8 Å². The van der Waals surface area contributed by atoms with Crippen molar-refractivity contribution in [1.82, 2.24) is 4.90 Å². The molecule has 1 fully saturated rings. The minimum Gasteiger partial charge on any atom is -0.488 e. The Hall–Kier alpha value is -3.61. The highest BCUT2D eigenvalue weighted by molar-refractivity contribution is 14.1. The van der Waals surface area contributed by atoms with Crippen LogP contribution in [-0.4, -0.2) is 16.0 Å². The van der Waals surface area contributed by atoms with Crippen LogP contribution in [0.4, 0.5) is 4.79 Å². The predicted octanol–water partition coefficient (Wildman–Crippen LogP) is 7.13. The first kappa shape index (κ1) is 24.1. The normalized spacial score (nSPS) is 14.4. The van der Waals surface area contributed by atoms with Gasteiger partial charge in [-0.25, -0.2) is 0 Å². The molecule has 36 heavy (non-hydrogen) atoms. The van der Waals surface area contributed by atoms with Crippen LogP contribution in [0.3, 0.4) is 0 Å². The fraction of sp³-hybridized carbons (Fsp3) is 0.0690. The molecule has 5 nitrogen and oxygen atoms in total. The number of carbonyl (C=O) groups excluding carboxylic acids is 2. The minimum absolute atomic E-state index is 0.0736. The zero-order valence-electron chi connectivity index (χ0n) is 19.0. The largest absolute Gasteiger partial charge is 0.488 e. The monoisotopic (exact) mass is 602 g/mol. The third-order valence-electron chi connectivity index (χ3n) is 5.86. The van der Waals surface area contributed by atoms with Crippen LogP contribution in [-0.2, 0) is 17.9 Å². The van der Waals surface area contributed by atoms with Gasteiger partial charge in [-0.3, -0.25) is 14.5 Å². The molecule has 1 heterocycles. The highest BCUT2D eigenvalue weighted by Gasteiger charge is 2.35. The van der Waals surface area contributed by atoms with E-state index in [4.69, 9.17) is 4.74 Å². The zero-order valence-corrected chi connectivity index (χ0v) is 22.0. The Morgan fingerprint density at radius 2 is 1.69 bits per heavy atom. The lowest BCUT2D eigenvalue weighted by molar-refractivity contribution is -0.123. The van der Waals surface area contributed by atoms with Crippen LogP contribution in [0.5, 0.6) is 5.75 Å². The van der Waals surface area contributed by atoms with Crippen molar-refractivity contribution in [3.8, 4) is 11.8 Å². The quantitative estimate of drug-likeness (QED) is 0.174. The van der Waals surface area contributed by atoms with E-state index in [-0.39, 0.29) is 17.7 Å². The lowest BCUT2D eigenvalue weighted by Gasteiger charge is -2.13. The van der Waals surface area contributed by atoms with Gasteiger partial charge in [-0.1, -0.05) is 66.7 Å². The number of hydrogen-bond donors (Lipinski definition) is 0. The van der Waals surface area contributed by atoms with Crippen LogP contribution in [0.15, 0.2) is 89.8 Å². The molecule has 0 saturated carbocycles. The third-order valence-corrected chi connectivity index (χ3v) is 7.61. The molecule has 4 aromatic rings. The summed E-state index contributed by atoms with van der Waals surface area (Å²) >= 11 is 3.13. The van der Waals surface area contributed by atoms with Gasteiger partial charge >= 0.3 is 0 Å². The minimum atomic E-state index is -0.357. The van der Waals surface area contributed by atoms with Gasteiger partial charge in [-0.2, -0.15) is 5.26 Å². The molecule has 0 unspecified atom stereocenters. The molecule has 0 atom stereocenters. The van der Waals surface area contributed by atoms with Crippen LogP contribution >= 0.6 is 34.4 Å². The summed E-state index contributed by atoms with van der Waals surface area (Å²) in [5, 5.41) is 11.3. The van der Waals surface area contributed by atoms with Crippen LogP contribution in [0, 0.1) is 14.9 Å². The van der Waals surface area contributed by atoms with E-state index in [2.05, 4.69) is 52.9 Å². The Bertz CT molecular complexity index is 1570. The van der Waals surface area contributed by atoms with E-state index in [0.717, 1.165) is 32.2 Å². The summed E-state index contributed by atoms with van der Waals surface area (Å²) in [4.78, 5) is 27.0. The summed E-state index contributed by atoms with van der Waals surface area (Å²) in [6.45, 7) is 0.518. The van der Waals surface area contributed by atoms with Crippen molar-refractivity contribution in [3.63, 3.8) is 0 Å². The first-order valence-corrected chi connectivity index (χ1v) is 13.1. The number of carbonyl (C=O) groups is 2. The Morgan fingerprint density at radius 3 is 2.53 bits per heavy atom. The smallest absolute Gasteiger partial charge is 0.293 e. The molecule has 5 rings (SSSR count). The van der Waals surface area contributed by atoms with Crippen molar-refractivity contribution in [3.05, 3.63) is 116 Å². The maximum atomic E-state index is 12.9. The molecule has 0 bridgehead atoms. The van der Waals surface area contributed by atoms with Crippen molar-refractivity contribution < 1.29 is 14.3 Å². The number of fused-ring (bicyclic) bond motifs is 1. The molecule has 176 valence electrons. The molecule has 0 aromatic heterocycles. The van der Waals surface area contributed by atoms with Gasteiger partial charge in [0, 0.05) is 0 Å². The molecule has 2 amide bonds. The summed E-state index contributed by atoms with van der Waals surface area (Å²) in [6.07, 6.45) is 1.72. The molecular weight excluding hydrogens is 583 g/mol. The summed E-state index contributed by atoms with van der Waals surface area (Å²) in [5.74, 6) is 0.394. The summed E-state index contributed by atoms with van der Waals surface area (Å²) in [5.41, 5.74) is 3.01. The first-order valence-electron chi connectivity index (χ1n) is 11.2. The Labute approximate surface area is 226 Å². The van der Waals surface area contributed by atoms with Crippen molar-refractivity contribution >= 4 is 62.3 Å². The molecule has 1 aliphatic rings. The molecule has 0 aliphatic carbocycles. The van der Waals surface area contributed by atoms with Gasteiger partial charge in [0.25, 0.3) is 11.1 Å². The number of thioether (sulfide) groups is 1. The number of benzene rings is 4. The first-order chi connectivity index (χ1) is 17.5. The number of imide groups is 1. The predicted molar refractivity (Wildman–Crippen MR) is 150 cm³/mol. The Balaban J connectivity index is 1.30. The average Bonchev–Trinajstić information content (AvgIpc) is 3.15. The second-order valence-corrected chi connectivity index (χ2v) is 10.3. The SMILES string of the molecule is N#Cc1ccccc1CN1C(=O)S/C(=C/c2ccc(OCc3cccc4ccccc34)c(I)c2)C1=O. The molecule has 1 aliphatic heterocycles. The molecule has 4 aromatic carbocycles. The van der Waals surface area contributed by atoms with Gasteiger partial charge < -0.3 is 4.74 Å². The van der Waals surface area contributed by atoms with E-state index in [1.165, 1.54) is 15.7 Å². The van der Waals surface area contributed by atoms with E-state index in [1.807, 2.05) is 36.4 Å². The van der Waals surface area contributed by atoms with Gasteiger partial charge in [0.15, 0.2) is 0 Å². The lowest BCUT2D eigenvalue weighted by Crippen LogP contribution is -2.27. The summed E-state index contributed by atoms with van der Waals surface area (Å²) in [7, 11) is 0. The zero-order chi connectivity index (χ0) is 25.1. The fourth-order valence-electron chi connectivity index (χ4n) is 4.02. The van der Waals surface area contributed by atoms with Crippen LogP contribution < -0.4 is 4.74 Å². The van der Waals surface area contributed by atoms with Gasteiger partial charge in [0.2, 0.25) is 0 Å². The molecule has 0 radical (unpaired) electrons. The van der Waals surface area contributed by atoms with Gasteiger partial charge in [0.1, 0.15) is 12.4 Å². The van der Waals surface area contributed by atoms with Gasteiger partial charge in [0.05, 0.1) is 26.7 Å². The summed E-state index contributed by atoms with van der Waals surface area (Å²) < 4.78 is 7.02. The topological polar surface area (TPSA) is 70.4 Å². The van der Waals surface area contributed by atoms with E-state index < -0.39 is 0 Å². The Kier molecular flexibility index (Phi) is 7.07. The fourth-order valence-corrected chi connectivity index (χ4v) is 5.56. The number of ether oxygens (including phenoxy) is 1. The highest BCUT2D eigenvalue weighted by atomic mass is 127. The average molecular weight is 602 g/mol. The lowest BCUT2D eigenvalue weighted by atomic mass is 10.1. The second-order valence-electron chi connectivity index (χ2n) is 8.15. The van der Waals surface area contributed by atoms with E-state index in [0.29, 0.717) is 22.6 Å². The number of hydrogen-bond acceptors (Lipinski definition) is 5. The number of nitriles is 1. The van der Waals surface area contributed by atoms with Crippen molar-refractivity contribution in [2.75, 3.05) is 0 Å². The van der Waals surface area contributed by atoms with Gasteiger partial charge in [-0.05, 0) is 86.1 Å². The molecule has 0 N–H and O–H groups in total. The molecule has 1 saturated heterocycles. The van der Waals surface area contributed by atoms with E-state index in [1.54, 1.807) is 30.3 Å². The van der Waals surface area contributed by atoms with Crippen LogP contribution in [0.1, 0.15) is 22.3 Å². The van der Waals surface area contributed by atoms with E-state index >= 15 is 0 Å². The Morgan fingerprint density at radius 1 is 0.944 bits per heavy atom. The van der Waals surface area contributed by atoms with Crippen molar-refractivity contribution in [1.29, 1.82) is 5.26 Å². The number of amides is 2. The van der Waals surface area contributed by atoms with Gasteiger partial charge in [-0.15, -0.1) is 0 Å².